The van der Waals surface area contributed by atoms with Gasteiger partial charge in [0.15, 0.2) is 0 Å². The number of nitrogens with zero attached hydrogens (tertiary/aromatic N) is 3. The average molecular weight is 324 g/mol. The normalized spacial score (nSPS) is 11.1. The van der Waals surface area contributed by atoms with Crippen molar-refractivity contribution in [2.24, 2.45) is 5.10 Å². The highest BCUT2D eigenvalue weighted by atomic mass is 19.1. The van der Waals surface area contributed by atoms with E-state index < -0.39 is 4.92 Å². The molecule has 2 aromatic carbocycles. The molecule has 0 aliphatic heterocycles. The van der Waals surface area contributed by atoms with Gasteiger partial charge in [-0.3, -0.25) is 20.5 Å². The molecule has 120 valence electrons. The molecule has 0 atom stereocenters. The van der Waals surface area contributed by atoms with Crippen molar-refractivity contribution >= 4 is 28.5 Å². The number of aryl methyl sites for hydroxylation is 1. The average Bonchev–Trinajstić information content (AvgIpc) is 2.54. The van der Waals surface area contributed by atoms with Gasteiger partial charge in [0.05, 0.1) is 22.3 Å². The fourth-order valence-electron chi connectivity index (χ4n) is 2.28. The fourth-order valence-corrected chi connectivity index (χ4v) is 2.28. The van der Waals surface area contributed by atoms with Gasteiger partial charge in [-0.25, -0.2) is 4.39 Å². The first-order valence-corrected chi connectivity index (χ1v) is 7.13. The number of hydrogen-bond donors (Lipinski definition) is 1. The highest BCUT2D eigenvalue weighted by Crippen LogP contribution is 2.24. The van der Waals surface area contributed by atoms with Crippen LogP contribution in [0, 0.1) is 22.9 Å². The highest BCUT2D eigenvalue weighted by Gasteiger charge is 2.05. The van der Waals surface area contributed by atoms with Gasteiger partial charge in [-0.05, 0) is 42.8 Å². The highest BCUT2D eigenvalue weighted by molar-refractivity contribution is 5.92. The second-order valence-electron chi connectivity index (χ2n) is 5.19. The van der Waals surface area contributed by atoms with Crippen LogP contribution in [0.2, 0.25) is 0 Å². The number of nitro benzene ring substituents is 1. The van der Waals surface area contributed by atoms with Crippen molar-refractivity contribution in [1.82, 2.24) is 4.98 Å². The van der Waals surface area contributed by atoms with Crippen molar-refractivity contribution < 1.29 is 9.31 Å². The van der Waals surface area contributed by atoms with E-state index in [1.165, 1.54) is 24.3 Å². The lowest BCUT2D eigenvalue weighted by Crippen LogP contribution is -1.95. The molecule has 1 aromatic heterocycles. The molecule has 0 unspecified atom stereocenters. The maximum Gasteiger partial charge on any atom is 0.269 e. The minimum Gasteiger partial charge on any atom is -0.278 e. The number of nitrogens with one attached hydrogen (secondary N) is 1. The Morgan fingerprint density at radius 2 is 1.96 bits per heavy atom. The maximum absolute atomic E-state index is 13.3. The quantitative estimate of drug-likeness (QED) is 0.446. The Bertz CT molecular complexity index is 934. The van der Waals surface area contributed by atoms with Crippen LogP contribution in [-0.2, 0) is 0 Å². The lowest BCUT2D eigenvalue weighted by molar-refractivity contribution is -0.384. The standard InChI is InChI=1S/C17H13FN4O2/c1-11-8-17(15-7-4-13(18)9-16(15)20-11)21-19-10-12-2-5-14(6-3-12)22(23)24/h2-10H,1H3,(H,20,21). The predicted octanol–water partition coefficient (Wildman–Crippen LogP) is 4.04. The first-order valence-electron chi connectivity index (χ1n) is 7.13. The van der Waals surface area contributed by atoms with Gasteiger partial charge in [0, 0.05) is 29.3 Å². The number of benzene rings is 2. The van der Waals surface area contributed by atoms with Crippen LogP contribution in [0.25, 0.3) is 10.9 Å². The first kappa shape index (κ1) is 15.5. The Kier molecular flexibility index (Phi) is 4.15. The van der Waals surface area contributed by atoms with Gasteiger partial charge in [-0.1, -0.05) is 0 Å². The second-order valence-corrected chi connectivity index (χ2v) is 5.19. The third-order valence-electron chi connectivity index (χ3n) is 3.40. The molecule has 1 heterocycles. The molecule has 0 bridgehead atoms. The minimum atomic E-state index is -0.454. The zero-order valence-electron chi connectivity index (χ0n) is 12.7. The zero-order valence-corrected chi connectivity index (χ0v) is 12.7. The monoisotopic (exact) mass is 324 g/mol. The van der Waals surface area contributed by atoms with Crippen molar-refractivity contribution in [2.75, 3.05) is 5.43 Å². The van der Waals surface area contributed by atoms with Crippen molar-refractivity contribution in [1.29, 1.82) is 0 Å². The first-order chi connectivity index (χ1) is 11.5. The molecular formula is C17H13FN4O2. The van der Waals surface area contributed by atoms with E-state index in [9.17, 15) is 14.5 Å². The molecule has 1 N–H and O–H groups in total. The molecule has 0 aliphatic rings. The SMILES string of the molecule is Cc1cc(NN=Cc2ccc([N+](=O)[O-])cc2)c2ccc(F)cc2n1. The van der Waals surface area contributed by atoms with Gasteiger partial charge >= 0.3 is 0 Å². The van der Waals surface area contributed by atoms with E-state index in [-0.39, 0.29) is 11.5 Å². The van der Waals surface area contributed by atoms with Crippen LogP contribution in [0.3, 0.4) is 0 Å². The summed E-state index contributed by atoms with van der Waals surface area (Å²) in [7, 11) is 0. The minimum absolute atomic E-state index is 0.0258. The van der Waals surface area contributed by atoms with Crippen LogP contribution in [0.1, 0.15) is 11.3 Å². The van der Waals surface area contributed by atoms with Gasteiger partial charge in [-0.15, -0.1) is 0 Å². The van der Waals surface area contributed by atoms with Crippen molar-refractivity contribution in [3.63, 3.8) is 0 Å². The molecule has 0 fully saturated rings. The lowest BCUT2D eigenvalue weighted by atomic mass is 10.1. The summed E-state index contributed by atoms with van der Waals surface area (Å²) in [6.07, 6.45) is 1.55. The van der Waals surface area contributed by atoms with Crippen LogP contribution in [-0.4, -0.2) is 16.1 Å². The number of fused-ring (bicyclic) bond motifs is 1. The predicted molar refractivity (Wildman–Crippen MR) is 90.8 cm³/mol. The molecule has 3 aromatic rings. The summed E-state index contributed by atoms with van der Waals surface area (Å²) in [5, 5.41) is 15.5. The van der Waals surface area contributed by atoms with Crippen LogP contribution in [0.15, 0.2) is 53.6 Å². The molecule has 3 rings (SSSR count). The van der Waals surface area contributed by atoms with E-state index >= 15 is 0 Å². The van der Waals surface area contributed by atoms with Crippen LogP contribution in [0.5, 0.6) is 0 Å². The van der Waals surface area contributed by atoms with Crippen molar-refractivity contribution in [2.45, 2.75) is 6.92 Å². The van der Waals surface area contributed by atoms with E-state index in [1.807, 2.05) is 13.0 Å². The fraction of sp³-hybridized carbons (Fsp3) is 0.0588. The van der Waals surface area contributed by atoms with Crippen LogP contribution in [0.4, 0.5) is 15.8 Å². The molecule has 6 nitrogen and oxygen atoms in total. The second kappa shape index (κ2) is 6.41. The Morgan fingerprint density at radius 3 is 2.67 bits per heavy atom. The number of non-ortho nitro benzene ring substituents is 1. The van der Waals surface area contributed by atoms with E-state index in [4.69, 9.17) is 0 Å². The van der Waals surface area contributed by atoms with Crippen molar-refractivity contribution in [3.8, 4) is 0 Å². The van der Waals surface area contributed by atoms with E-state index in [0.29, 0.717) is 16.8 Å². The molecule has 24 heavy (non-hydrogen) atoms. The molecular weight excluding hydrogens is 311 g/mol. The summed E-state index contributed by atoms with van der Waals surface area (Å²) in [6.45, 7) is 1.82. The van der Waals surface area contributed by atoms with E-state index in [0.717, 1.165) is 11.1 Å². The number of anilines is 1. The van der Waals surface area contributed by atoms with E-state index in [2.05, 4.69) is 15.5 Å². The number of hydrazone groups is 1. The van der Waals surface area contributed by atoms with Crippen molar-refractivity contribution in [3.05, 3.63) is 75.7 Å². The number of rotatable bonds is 4. The molecule has 0 aliphatic carbocycles. The maximum atomic E-state index is 13.3. The Morgan fingerprint density at radius 1 is 1.21 bits per heavy atom. The summed E-state index contributed by atoms with van der Waals surface area (Å²) in [5.41, 5.74) is 5.64. The van der Waals surface area contributed by atoms with Gasteiger partial charge in [0.1, 0.15) is 5.82 Å². The summed E-state index contributed by atoms with van der Waals surface area (Å²) in [4.78, 5) is 14.5. The molecule has 0 amide bonds. The van der Waals surface area contributed by atoms with Gasteiger partial charge in [-0.2, -0.15) is 5.10 Å². The number of pyridine rings is 1. The number of aromatic nitrogens is 1. The Balaban J connectivity index is 1.83. The van der Waals surface area contributed by atoms with Crippen LogP contribution >= 0.6 is 0 Å². The third-order valence-corrected chi connectivity index (χ3v) is 3.40. The molecule has 0 saturated heterocycles. The molecule has 7 heteroatoms. The lowest BCUT2D eigenvalue weighted by Gasteiger charge is -2.07. The number of hydrogen-bond acceptors (Lipinski definition) is 5. The summed E-state index contributed by atoms with van der Waals surface area (Å²) in [6, 6.07) is 12.2. The summed E-state index contributed by atoms with van der Waals surface area (Å²) >= 11 is 0. The van der Waals surface area contributed by atoms with Gasteiger partial charge < -0.3 is 0 Å². The number of nitro groups is 1. The molecule has 0 radical (unpaired) electrons. The summed E-state index contributed by atoms with van der Waals surface area (Å²) in [5.74, 6) is -0.346. The third kappa shape index (κ3) is 3.35. The zero-order chi connectivity index (χ0) is 17.1. The Hall–Kier alpha value is -3.35. The van der Waals surface area contributed by atoms with Gasteiger partial charge in [0.2, 0.25) is 0 Å². The Labute approximate surface area is 136 Å². The largest absolute Gasteiger partial charge is 0.278 e. The summed E-state index contributed by atoms with van der Waals surface area (Å²) < 4.78 is 13.3. The molecule has 0 spiro atoms. The smallest absolute Gasteiger partial charge is 0.269 e. The van der Waals surface area contributed by atoms with Crippen LogP contribution < -0.4 is 5.43 Å². The van der Waals surface area contributed by atoms with E-state index in [1.54, 1.807) is 24.4 Å². The number of halogens is 1. The molecule has 0 saturated carbocycles. The van der Waals surface area contributed by atoms with Gasteiger partial charge in [0.25, 0.3) is 5.69 Å². The topological polar surface area (TPSA) is 80.4 Å².